The normalized spacial score (nSPS) is 37.7. The molecule has 0 aliphatic carbocycles. The van der Waals surface area contributed by atoms with Crippen LogP contribution in [0.25, 0.3) is 0 Å². The molecule has 11 heavy (non-hydrogen) atoms. The van der Waals surface area contributed by atoms with E-state index in [0.717, 1.165) is 0 Å². The van der Waals surface area contributed by atoms with E-state index in [4.69, 9.17) is 5.11 Å². The van der Waals surface area contributed by atoms with Crippen molar-refractivity contribution in [3.05, 3.63) is 0 Å². The monoisotopic (exact) mass is 230 g/mol. The van der Waals surface area contributed by atoms with Gasteiger partial charge in [0, 0.05) is 0 Å². The molecule has 1 saturated heterocycles. The van der Waals surface area contributed by atoms with Crippen LogP contribution in [0, 0.1) is 0 Å². The first-order valence-electron chi connectivity index (χ1n) is 2.42. The van der Waals surface area contributed by atoms with Crippen LogP contribution < -0.4 is 0 Å². The number of aliphatic hydroxyl groups is 1. The molecule has 1 fully saturated rings. The van der Waals surface area contributed by atoms with Gasteiger partial charge in [-0.15, -0.1) is 0 Å². The summed E-state index contributed by atoms with van der Waals surface area (Å²) < 4.78 is 33.8. The Balaban J connectivity index is 0.000001000. The van der Waals surface area contributed by atoms with Gasteiger partial charge in [-0.25, -0.2) is 4.31 Å². The first-order chi connectivity index (χ1) is 4.72. The van der Waals surface area contributed by atoms with Crippen molar-refractivity contribution in [2.24, 2.45) is 0 Å². The molecule has 0 aromatic carbocycles. The van der Waals surface area contributed by atoms with Gasteiger partial charge in [-0.3, -0.25) is 18.2 Å². The molecule has 1 rings (SSSR count). The summed E-state index contributed by atoms with van der Waals surface area (Å²) in [4.78, 5) is 0. The van der Waals surface area contributed by atoms with Gasteiger partial charge in [-0.05, 0) is 0 Å². The van der Waals surface area contributed by atoms with Crippen molar-refractivity contribution in [1.29, 1.82) is 0 Å². The number of hydrogen-bond acceptors (Lipinski definition) is 6. The van der Waals surface area contributed by atoms with E-state index < -0.39 is 29.4 Å². The third kappa shape index (κ3) is 4.36. The third-order valence-electron chi connectivity index (χ3n) is 0.771. The van der Waals surface area contributed by atoms with Crippen LogP contribution in [0.1, 0.15) is 0 Å². The van der Waals surface area contributed by atoms with E-state index in [1.54, 1.807) is 0 Å². The van der Waals surface area contributed by atoms with Crippen molar-refractivity contribution >= 4 is 54.2 Å². The molecule has 1 aliphatic rings. The molecule has 0 saturated carbocycles. The molecule has 2 atom stereocenters. The topological polar surface area (TPSA) is 82.1 Å². The first kappa shape index (κ1) is 12.6. The molecule has 0 aromatic heterocycles. The van der Waals surface area contributed by atoms with Crippen LogP contribution in [-0.4, -0.2) is 55.7 Å². The van der Waals surface area contributed by atoms with Gasteiger partial charge in [0.25, 0.3) is 0 Å². The fourth-order valence-corrected chi connectivity index (χ4v) is 2.13. The molecule has 6 nitrogen and oxygen atoms in total. The van der Waals surface area contributed by atoms with Crippen molar-refractivity contribution in [3.63, 3.8) is 0 Å². The molecule has 2 unspecified atom stereocenters. The van der Waals surface area contributed by atoms with Crippen LogP contribution in [0.5, 0.6) is 0 Å². The van der Waals surface area contributed by atoms with Gasteiger partial charge >= 0.3 is 54.2 Å². The number of hydrogen-bond donors (Lipinski definition) is 1. The zero-order chi connectivity index (χ0) is 7.56. The summed E-state index contributed by atoms with van der Waals surface area (Å²) in [7, 11) is -5.41. The van der Waals surface area contributed by atoms with Gasteiger partial charge in [0.05, 0.1) is 6.61 Å². The summed E-state index contributed by atoms with van der Waals surface area (Å²) in [5, 5.41) is 8.38. The Hall–Kier alpha value is 1.56. The van der Waals surface area contributed by atoms with Crippen molar-refractivity contribution < 1.29 is 27.6 Å². The van der Waals surface area contributed by atoms with Gasteiger partial charge in [-0.2, -0.15) is 0 Å². The molecule has 1 aliphatic heterocycles. The Morgan fingerprint density at radius 3 is 2.09 bits per heavy atom. The molecule has 1 N–H and O–H groups in total. The Morgan fingerprint density at radius 2 is 1.73 bits per heavy atom. The zero-order valence-electron chi connectivity index (χ0n) is 4.77. The second-order valence-corrected chi connectivity index (χ2v) is 3.74. The van der Waals surface area contributed by atoms with Crippen LogP contribution in [0.4, 0.5) is 0 Å². The molecule has 0 spiro atoms. The first-order valence-corrected chi connectivity index (χ1v) is 4.87. The number of rotatable bonds is 1. The minimum atomic E-state index is -2.70. The molecule has 0 aromatic rings. The van der Waals surface area contributed by atoms with Crippen LogP contribution in [-0.2, 0) is 22.5 Å². The summed E-state index contributed by atoms with van der Waals surface area (Å²) >= 11 is 0. The van der Waals surface area contributed by atoms with E-state index in [1.807, 2.05) is 0 Å². The van der Waals surface area contributed by atoms with Crippen molar-refractivity contribution in [3.8, 4) is 0 Å². The average Bonchev–Trinajstić information content (AvgIpc) is 1.85. The van der Waals surface area contributed by atoms with E-state index in [-0.39, 0.29) is 37.7 Å². The molecule has 0 amide bonds. The SMILES string of the molecule is O=[PH]1OC(CO)O[PH](=O)O1.[CaH2]. The van der Waals surface area contributed by atoms with E-state index in [0.29, 0.717) is 0 Å². The Morgan fingerprint density at radius 1 is 1.27 bits per heavy atom. The Kier molecular flexibility index (Phi) is 6.94. The molecule has 64 valence electrons. The predicted octanol–water partition coefficient (Wildman–Crippen LogP) is -0.769. The standard InChI is InChI=1S/C2H6O6P2.Ca.2H/c3-1-2-6-9(4)8-10(5)7-2;;;/h2-3,9-10H,1H2;;;. The predicted molar refractivity (Wildman–Crippen MR) is 40.7 cm³/mol. The molecular formula is C2H8CaO6P2. The molecule has 9 heteroatoms. The van der Waals surface area contributed by atoms with E-state index >= 15 is 0 Å². The van der Waals surface area contributed by atoms with Crippen molar-refractivity contribution in [2.75, 3.05) is 6.61 Å². The van der Waals surface area contributed by atoms with Gasteiger partial charge in [0.1, 0.15) is 0 Å². The maximum absolute atomic E-state index is 10.4. The van der Waals surface area contributed by atoms with Crippen molar-refractivity contribution in [1.82, 2.24) is 0 Å². The second-order valence-electron chi connectivity index (χ2n) is 1.45. The van der Waals surface area contributed by atoms with E-state index in [2.05, 4.69) is 13.4 Å². The minimum absolute atomic E-state index is 0. The van der Waals surface area contributed by atoms with Gasteiger partial charge in [0.15, 0.2) is 6.29 Å². The van der Waals surface area contributed by atoms with Crippen LogP contribution in [0.3, 0.4) is 0 Å². The Bertz CT molecular complexity index is 156. The second kappa shape index (κ2) is 6.08. The van der Waals surface area contributed by atoms with Gasteiger partial charge < -0.3 is 5.11 Å². The molecule has 0 radical (unpaired) electrons. The maximum atomic E-state index is 10.4. The summed E-state index contributed by atoms with van der Waals surface area (Å²) in [6, 6.07) is 0. The van der Waals surface area contributed by atoms with E-state index in [9.17, 15) is 9.13 Å². The number of aliphatic hydroxyl groups excluding tert-OH is 1. The summed E-state index contributed by atoms with van der Waals surface area (Å²) in [5.74, 6) is 0. The summed E-state index contributed by atoms with van der Waals surface area (Å²) in [5.41, 5.74) is 0. The molecule has 0 bridgehead atoms. The van der Waals surface area contributed by atoms with Crippen LogP contribution >= 0.6 is 16.5 Å². The fraction of sp³-hybridized carbons (Fsp3) is 1.00. The third-order valence-corrected chi connectivity index (χ3v) is 3.02. The molecular weight excluding hydrogens is 222 g/mol. The van der Waals surface area contributed by atoms with Crippen molar-refractivity contribution in [2.45, 2.75) is 6.29 Å². The summed E-state index contributed by atoms with van der Waals surface area (Å²) in [6.07, 6.45) is -1.06. The Labute approximate surface area is 94.1 Å². The van der Waals surface area contributed by atoms with Crippen LogP contribution in [0.15, 0.2) is 0 Å². The quantitative estimate of drug-likeness (QED) is 0.470. The fourth-order valence-electron chi connectivity index (χ4n) is 0.429. The zero-order valence-corrected chi connectivity index (χ0v) is 6.77. The summed E-state index contributed by atoms with van der Waals surface area (Å²) in [6.45, 7) is -0.476. The van der Waals surface area contributed by atoms with Crippen LogP contribution in [0.2, 0.25) is 0 Å². The van der Waals surface area contributed by atoms with Gasteiger partial charge in [0.2, 0.25) is 0 Å². The molecule has 1 heterocycles. The van der Waals surface area contributed by atoms with E-state index in [1.165, 1.54) is 0 Å². The average molecular weight is 230 g/mol. The van der Waals surface area contributed by atoms with Gasteiger partial charge in [-0.1, -0.05) is 0 Å².